The SMILES string of the molecule is COc1cccc(CNc2ncc(-c3cccc(Br)c3)n2C)c1OC. The topological polar surface area (TPSA) is 48.3 Å². The van der Waals surface area contributed by atoms with E-state index in [9.17, 15) is 0 Å². The minimum absolute atomic E-state index is 0.586. The first-order valence-electron chi connectivity index (χ1n) is 7.85. The molecule has 0 bridgehead atoms. The van der Waals surface area contributed by atoms with Crippen LogP contribution in [0.15, 0.2) is 53.1 Å². The van der Waals surface area contributed by atoms with Crippen LogP contribution in [0.4, 0.5) is 5.95 Å². The normalized spacial score (nSPS) is 10.6. The van der Waals surface area contributed by atoms with Gasteiger partial charge in [0.1, 0.15) is 0 Å². The van der Waals surface area contributed by atoms with E-state index in [0.29, 0.717) is 6.54 Å². The molecule has 0 fully saturated rings. The Morgan fingerprint density at radius 3 is 2.64 bits per heavy atom. The molecule has 0 saturated carbocycles. The monoisotopic (exact) mass is 401 g/mol. The van der Waals surface area contributed by atoms with Gasteiger partial charge in [0.15, 0.2) is 11.5 Å². The molecule has 130 valence electrons. The van der Waals surface area contributed by atoms with Crippen molar-refractivity contribution in [2.45, 2.75) is 6.54 Å². The van der Waals surface area contributed by atoms with Crippen LogP contribution in [0.5, 0.6) is 11.5 Å². The largest absolute Gasteiger partial charge is 0.493 e. The summed E-state index contributed by atoms with van der Waals surface area (Å²) in [5.41, 5.74) is 3.16. The van der Waals surface area contributed by atoms with E-state index in [-0.39, 0.29) is 0 Å². The summed E-state index contributed by atoms with van der Waals surface area (Å²) < 4.78 is 13.9. The number of anilines is 1. The van der Waals surface area contributed by atoms with E-state index in [1.165, 1.54) is 0 Å². The van der Waals surface area contributed by atoms with Crippen molar-refractivity contribution in [3.05, 3.63) is 58.7 Å². The molecular formula is C19H20BrN3O2. The van der Waals surface area contributed by atoms with Crippen molar-refractivity contribution in [1.82, 2.24) is 9.55 Å². The van der Waals surface area contributed by atoms with Gasteiger partial charge in [-0.3, -0.25) is 0 Å². The quantitative estimate of drug-likeness (QED) is 0.661. The lowest BCUT2D eigenvalue weighted by atomic mass is 10.2. The molecule has 0 amide bonds. The first kappa shape index (κ1) is 17.4. The summed E-state index contributed by atoms with van der Waals surface area (Å²) in [5, 5.41) is 3.36. The van der Waals surface area contributed by atoms with Crippen LogP contribution in [0.3, 0.4) is 0 Å². The third-order valence-corrected chi connectivity index (χ3v) is 4.52. The van der Waals surface area contributed by atoms with Crippen molar-refractivity contribution in [2.24, 2.45) is 7.05 Å². The fourth-order valence-corrected chi connectivity index (χ4v) is 3.16. The number of nitrogens with zero attached hydrogens (tertiary/aromatic N) is 2. The Labute approximate surface area is 155 Å². The highest BCUT2D eigenvalue weighted by atomic mass is 79.9. The highest BCUT2D eigenvalue weighted by Crippen LogP contribution is 2.31. The molecule has 2 aromatic carbocycles. The Bertz CT molecular complexity index is 877. The highest BCUT2D eigenvalue weighted by Gasteiger charge is 2.12. The number of aromatic nitrogens is 2. The van der Waals surface area contributed by atoms with Gasteiger partial charge in [-0.05, 0) is 18.2 Å². The number of para-hydroxylation sites is 1. The molecule has 0 atom stereocenters. The number of halogens is 1. The molecule has 3 rings (SSSR count). The lowest BCUT2D eigenvalue weighted by molar-refractivity contribution is 0.352. The van der Waals surface area contributed by atoms with E-state index in [2.05, 4.69) is 38.4 Å². The van der Waals surface area contributed by atoms with Crippen LogP contribution >= 0.6 is 15.9 Å². The molecule has 5 nitrogen and oxygen atoms in total. The van der Waals surface area contributed by atoms with Gasteiger partial charge in [0, 0.05) is 29.2 Å². The van der Waals surface area contributed by atoms with E-state index in [1.807, 2.05) is 48.1 Å². The summed E-state index contributed by atoms with van der Waals surface area (Å²) in [7, 11) is 5.28. The maximum Gasteiger partial charge on any atom is 0.203 e. The van der Waals surface area contributed by atoms with Crippen LogP contribution in [-0.2, 0) is 13.6 Å². The van der Waals surface area contributed by atoms with Crippen molar-refractivity contribution in [1.29, 1.82) is 0 Å². The smallest absolute Gasteiger partial charge is 0.203 e. The third-order valence-electron chi connectivity index (χ3n) is 4.03. The zero-order chi connectivity index (χ0) is 17.8. The van der Waals surface area contributed by atoms with Crippen LogP contribution in [0.1, 0.15) is 5.56 Å². The van der Waals surface area contributed by atoms with E-state index in [4.69, 9.17) is 9.47 Å². The van der Waals surface area contributed by atoms with Crippen molar-refractivity contribution in [2.75, 3.05) is 19.5 Å². The van der Waals surface area contributed by atoms with Gasteiger partial charge in [-0.1, -0.05) is 40.2 Å². The summed E-state index contributed by atoms with van der Waals surface area (Å²) in [6.07, 6.45) is 1.87. The van der Waals surface area contributed by atoms with Crippen LogP contribution in [0.2, 0.25) is 0 Å². The molecule has 0 aliphatic heterocycles. The second kappa shape index (κ2) is 7.61. The average molecular weight is 402 g/mol. The Morgan fingerprint density at radius 1 is 1.12 bits per heavy atom. The maximum absolute atomic E-state index is 5.48. The van der Waals surface area contributed by atoms with Crippen molar-refractivity contribution < 1.29 is 9.47 Å². The summed E-state index contributed by atoms with van der Waals surface area (Å²) in [6, 6.07) is 14.0. The summed E-state index contributed by atoms with van der Waals surface area (Å²) in [4.78, 5) is 4.50. The number of ether oxygens (including phenoxy) is 2. The van der Waals surface area contributed by atoms with Gasteiger partial charge in [0.05, 0.1) is 26.1 Å². The second-order valence-corrected chi connectivity index (χ2v) is 6.46. The fourth-order valence-electron chi connectivity index (χ4n) is 2.76. The Balaban J connectivity index is 1.82. The minimum Gasteiger partial charge on any atom is -0.493 e. The van der Waals surface area contributed by atoms with Crippen LogP contribution in [-0.4, -0.2) is 23.8 Å². The van der Waals surface area contributed by atoms with Crippen molar-refractivity contribution >= 4 is 21.9 Å². The summed E-state index contributed by atoms with van der Waals surface area (Å²) in [6.45, 7) is 0.586. The second-order valence-electron chi connectivity index (χ2n) is 5.54. The summed E-state index contributed by atoms with van der Waals surface area (Å²) >= 11 is 3.51. The molecular weight excluding hydrogens is 382 g/mol. The molecule has 25 heavy (non-hydrogen) atoms. The number of benzene rings is 2. The average Bonchev–Trinajstić information content (AvgIpc) is 3.00. The van der Waals surface area contributed by atoms with E-state index < -0.39 is 0 Å². The fraction of sp³-hybridized carbons (Fsp3) is 0.211. The number of hydrogen-bond acceptors (Lipinski definition) is 4. The zero-order valence-corrected chi connectivity index (χ0v) is 16.0. The van der Waals surface area contributed by atoms with E-state index >= 15 is 0 Å². The highest BCUT2D eigenvalue weighted by molar-refractivity contribution is 9.10. The molecule has 1 aromatic heterocycles. The van der Waals surface area contributed by atoms with E-state index in [1.54, 1.807) is 14.2 Å². The van der Waals surface area contributed by atoms with Crippen LogP contribution < -0.4 is 14.8 Å². The first-order valence-corrected chi connectivity index (χ1v) is 8.64. The van der Waals surface area contributed by atoms with Gasteiger partial charge in [-0.15, -0.1) is 0 Å². The zero-order valence-electron chi connectivity index (χ0n) is 14.4. The molecule has 0 unspecified atom stereocenters. The number of methoxy groups -OCH3 is 2. The van der Waals surface area contributed by atoms with Gasteiger partial charge in [0.2, 0.25) is 5.95 Å². The van der Waals surface area contributed by atoms with Gasteiger partial charge in [-0.25, -0.2) is 4.98 Å². The molecule has 0 aliphatic rings. The molecule has 6 heteroatoms. The predicted molar refractivity (Wildman–Crippen MR) is 103 cm³/mol. The van der Waals surface area contributed by atoms with Gasteiger partial charge >= 0.3 is 0 Å². The van der Waals surface area contributed by atoms with Gasteiger partial charge in [-0.2, -0.15) is 0 Å². The maximum atomic E-state index is 5.48. The molecule has 0 radical (unpaired) electrons. The van der Waals surface area contributed by atoms with Crippen LogP contribution in [0, 0.1) is 0 Å². The minimum atomic E-state index is 0.586. The Kier molecular flexibility index (Phi) is 5.28. The Morgan fingerprint density at radius 2 is 1.92 bits per heavy atom. The predicted octanol–water partition coefficient (Wildman–Crippen LogP) is 4.48. The number of imidazole rings is 1. The van der Waals surface area contributed by atoms with Crippen molar-refractivity contribution in [3.63, 3.8) is 0 Å². The number of hydrogen-bond donors (Lipinski definition) is 1. The van der Waals surface area contributed by atoms with Crippen molar-refractivity contribution in [3.8, 4) is 22.8 Å². The molecule has 0 aliphatic carbocycles. The third kappa shape index (κ3) is 3.64. The standard InChI is InChI=1S/C19H20BrN3O2/c1-23-16(13-6-4-8-15(20)10-13)12-22-19(23)21-11-14-7-5-9-17(24-2)18(14)25-3/h4-10,12H,11H2,1-3H3,(H,21,22). The Hall–Kier alpha value is -2.47. The molecule has 1 N–H and O–H groups in total. The lowest BCUT2D eigenvalue weighted by Gasteiger charge is -2.14. The lowest BCUT2D eigenvalue weighted by Crippen LogP contribution is -2.07. The molecule has 3 aromatic rings. The number of nitrogens with one attached hydrogen (secondary N) is 1. The molecule has 1 heterocycles. The molecule has 0 spiro atoms. The van der Waals surface area contributed by atoms with Gasteiger partial charge < -0.3 is 19.4 Å². The first-order chi connectivity index (χ1) is 12.1. The molecule has 0 saturated heterocycles. The number of rotatable bonds is 6. The summed E-state index contributed by atoms with van der Waals surface area (Å²) in [5.74, 6) is 2.25. The van der Waals surface area contributed by atoms with Gasteiger partial charge in [0.25, 0.3) is 0 Å². The van der Waals surface area contributed by atoms with E-state index in [0.717, 1.165) is 38.7 Å². The van der Waals surface area contributed by atoms with Crippen LogP contribution in [0.25, 0.3) is 11.3 Å².